The molecule has 0 heterocycles. The maximum atomic E-state index is 12.3. The van der Waals surface area contributed by atoms with Crippen LogP contribution in [0.5, 0.6) is 0 Å². The predicted molar refractivity (Wildman–Crippen MR) is 94.8 cm³/mol. The highest BCUT2D eigenvalue weighted by Crippen LogP contribution is 2.22. The van der Waals surface area contributed by atoms with Gasteiger partial charge in [-0.15, -0.1) is 0 Å². The Morgan fingerprint density at radius 1 is 1.23 bits per heavy atom. The fourth-order valence-electron chi connectivity index (χ4n) is 1.72. The van der Waals surface area contributed by atoms with Crippen LogP contribution in [0.3, 0.4) is 0 Å². The van der Waals surface area contributed by atoms with E-state index in [2.05, 4.69) is 10.6 Å². The predicted octanol–water partition coefficient (Wildman–Crippen LogP) is 1.09. The number of hydrogen-bond donors (Lipinski definition) is 2. The molecule has 0 spiro atoms. The second kappa shape index (κ2) is 7.87. The molecule has 0 fully saturated rings. The van der Waals surface area contributed by atoms with E-state index in [1.165, 1.54) is 18.4 Å². The van der Waals surface area contributed by atoms with Crippen LogP contribution in [0.25, 0.3) is 0 Å². The third-order valence-electron chi connectivity index (χ3n) is 3.05. The SMILES string of the molecule is Cc1ccc(NC(=S)NCCN(C)C)cc1S(=O)(=O)N(C)C. The molecule has 0 aromatic heterocycles. The summed E-state index contributed by atoms with van der Waals surface area (Å²) in [7, 11) is 3.53. The van der Waals surface area contributed by atoms with E-state index in [1.807, 2.05) is 25.1 Å². The first-order valence-electron chi connectivity index (χ1n) is 6.87. The molecule has 2 N–H and O–H groups in total. The normalized spacial score (nSPS) is 11.8. The highest BCUT2D eigenvalue weighted by atomic mass is 32.2. The van der Waals surface area contributed by atoms with Crippen LogP contribution in [-0.2, 0) is 10.0 Å². The lowest BCUT2D eigenvalue weighted by Crippen LogP contribution is -2.34. The summed E-state index contributed by atoms with van der Waals surface area (Å²) in [5, 5.41) is 6.56. The van der Waals surface area contributed by atoms with Gasteiger partial charge in [-0.2, -0.15) is 0 Å². The van der Waals surface area contributed by atoms with Gasteiger partial charge in [0.25, 0.3) is 0 Å². The molecule has 1 aromatic carbocycles. The van der Waals surface area contributed by atoms with Gasteiger partial charge in [0.2, 0.25) is 10.0 Å². The van der Waals surface area contributed by atoms with Crippen molar-refractivity contribution >= 4 is 33.0 Å². The maximum Gasteiger partial charge on any atom is 0.242 e. The Bertz CT molecular complexity index is 628. The zero-order chi connectivity index (χ0) is 16.9. The van der Waals surface area contributed by atoms with Crippen LogP contribution in [0.4, 0.5) is 5.69 Å². The minimum Gasteiger partial charge on any atom is -0.361 e. The third-order valence-corrected chi connectivity index (χ3v) is 5.25. The summed E-state index contributed by atoms with van der Waals surface area (Å²) in [4.78, 5) is 2.32. The van der Waals surface area contributed by atoms with Crippen molar-refractivity contribution < 1.29 is 8.42 Å². The van der Waals surface area contributed by atoms with Crippen molar-refractivity contribution in [1.82, 2.24) is 14.5 Å². The first-order chi connectivity index (χ1) is 10.1. The van der Waals surface area contributed by atoms with Gasteiger partial charge in [0.05, 0.1) is 4.90 Å². The third kappa shape index (κ3) is 5.20. The molecule has 124 valence electrons. The van der Waals surface area contributed by atoms with E-state index in [-0.39, 0.29) is 4.90 Å². The number of nitrogens with zero attached hydrogens (tertiary/aromatic N) is 2. The number of benzene rings is 1. The highest BCUT2D eigenvalue weighted by Gasteiger charge is 2.20. The molecule has 0 bridgehead atoms. The average Bonchev–Trinajstić information content (AvgIpc) is 2.40. The van der Waals surface area contributed by atoms with Gasteiger partial charge in [0, 0.05) is 32.9 Å². The van der Waals surface area contributed by atoms with E-state index in [1.54, 1.807) is 19.1 Å². The van der Waals surface area contributed by atoms with Crippen LogP contribution in [0, 0.1) is 6.92 Å². The van der Waals surface area contributed by atoms with Crippen molar-refractivity contribution in [3.05, 3.63) is 23.8 Å². The molecule has 0 aliphatic rings. The molecule has 22 heavy (non-hydrogen) atoms. The lowest BCUT2D eigenvalue weighted by Gasteiger charge is -2.16. The van der Waals surface area contributed by atoms with E-state index in [9.17, 15) is 8.42 Å². The first-order valence-corrected chi connectivity index (χ1v) is 8.72. The van der Waals surface area contributed by atoms with Crippen LogP contribution in [0.1, 0.15) is 5.56 Å². The Kier molecular flexibility index (Phi) is 6.73. The van der Waals surface area contributed by atoms with Crippen LogP contribution in [-0.4, -0.2) is 64.0 Å². The van der Waals surface area contributed by atoms with E-state index < -0.39 is 10.0 Å². The van der Waals surface area contributed by atoms with Gasteiger partial charge in [0.15, 0.2) is 5.11 Å². The zero-order valence-corrected chi connectivity index (χ0v) is 15.3. The summed E-state index contributed by atoms with van der Waals surface area (Å²) in [5.74, 6) is 0. The number of likely N-dealkylation sites (N-methyl/N-ethyl adjacent to an activating group) is 1. The van der Waals surface area contributed by atoms with Crippen molar-refractivity contribution in [1.29, 1.82) is 0 Å². The molecular formula is C14H24N4O2S2. The molecule has 1 aromatic rings. The number of aryl methyl sites for hydroxylation is 1. The van der Waals surface area contributed by atoms with Crippen LogP contribution < -0.4 is 10.6 Å². The van der Waals surface area contributed by atoms with Gasteiger partial charge < -0.3 is 15.5 Å². The molecule has 0 aliphatic heterocycles. The Morgan fingerprint density at radius 2 is 1.86 bits per heavy atom. The van der Waals surface area contributed by atoms with E-state index >= 15 is 0 Å². The van der Waals surface area contributed by atoms with Gasteiger partial charge in [-0.3, -0.25) is 0 Å². The van der Waals surface area contributed by atoms with Crippen molar-refractivity contribution in [2.24, 2.45) is 0 Å². The zero-order valence-electron chi connectivity index (χ0n) is 13.7. The molecule has 0 saturated carbocycles. The minimum atomic E-state index is -3.47. The van der Waals surface area contributed by atoms with Crippen LogP contribution in [0.15, 0.2) is 23.1 Å². The number of sulfonamides is 1. The van der Waals surface area contributed by atoms with Crippen molar-refractivity contribution in [3.8, 4) is 0 Å². The maximum absolute atomic E-state index is 12.3. The molecule has 0 amide bonds. The smallest absolute Gasteiger partial charge is 0.242 e. The van der Waals surface area contributed by atoms with Crippen molar-refractivity contribution in [2.75, 3.05) is 46.6 Å². The van der Waals surface area contributed by atoms with Gasteiger partial charge in [0.1, 0.15) is 0 Å². The monoisotopic (exact) mass is 344 g/mol. The lowest BCUT2D eigenvalue weighted by molar-refractivity contribution is 0.413. The van der Waals surface area contributed by atoms with E-state index in [0.29, 0.717) is 22.9 Å². The number of thiocarbonyl (C=S) groups is 1. The Labute approximate surface area is 138 Å². The van der Waals surface area contributed by atoms with E-state index in [0.717, 1.165) is 6.54 Å². The van der Waals surface area contributed by atoms with Crippen LogP contribution in [0.2, 0.25) is 0 Å². The summed E-state index contributed by atoms with van der Waals surface area (Å²) in [6.07, 6.45) is 0. The summed E-state index contributed by atoms with van der Waals surface area (Å²) < 4.78 is 25.8. The second-order valence-corrected chi connectivity index (χ2v) is 7.98. The fourth-order valence-corrected chi connectivity index (χ4v) is 3.08. The Balaban J connectivity index is 2.84. The number of nitrogens with one attached hydrogen (secondary N) is 2. The minimum absolute atomic E-state index is 0.276. The van der Waals surface area contributed by atoms with Crippen LogP contribution >= 0.6 is 12.2 Å². The van der Waals surface area contributed by atoms with Gasteiger partial charge in [-0.1, -0.05) is 6.07 Å². The van der Waals surface area contributed by atoms with E-state index in [4.69, 9.17) is 12.2 Å². The largest absolute Gasteiger partial charge is 0.361 e. The number of anilines is 1. The topological polar surface area (TPSA) is 64.7 Å². The Morgan fingerprint density at radius 3 is 2.41 bits per heavy atom. The van der Waals surface area contributed by atoms with Gasteiger partial charge in [-0.25, -0.2) is 12.7 Å². The van der Waals surface area contributed by atoms with Crippen molar-refractivity contribution in [3.63, 3.8) is 0 Å². The summed E-state index contributed by atoms with van der Waals surface area (Å²) in [5.41, 5.74) is 1.35. The molecule has 0 unspecified atom stereocenters. The van der Waals surface area contributed by atoms with Gasteiger partial charge in [-0.05, 0) is 50.9 Å². The second-order valence-electron chi connectivity index (χ2n) is 5.45. The summed E-state index contributed by atoms with van der Waals surface area (Å²) >= 11 is 5.21. The lowest BCUT2D eigenvalue weighted by atomic mass is 10.2. The Hall–Kier alpha value is -1.22. The molecule has 0 aliphatic carbocycles. The first kappa shape index (κ1) is 18.8. The summed E-state index contributed by atoms with van der Waals surface area (Å²) in [6.45, 7) is 3.34. The summed E-state index contributed by atoms with van der Waals surface area (Å²) in [6, 6.07) is 5.18. The van der Waals surface area contributed by atoms with Gasteiger partial charge >= 0.3 is 0 Å². The number of rotatable bonds is 6. The molecule has 8 heteroatoms. The molecule has 6 nitrogen and oxygen atoms in total. The standard InChI is InChI=1S/C14H24N4O2S2/c1-11-6-7-12(10-13(11)22(19,20)18(4)5)16-14(21)15-8-9-17(2)3/h6-7,10H,8-9H2,1-5H3,(H2,15,16,21). The molecule has 0 saturated heterocycles. The molecule has 0 radical (unpaired) electrons. The average molecular weight is 345 g/mol. The quantitative estimate of drug-likeness (QED) is 0.754. The molecular weight excluding hydrogens is 320 g/mol. The number of hydrogen-bond acceptors (Lipinski definition) is 4. The fraction of sp³-hybridized carbons (Fsp3) is 0.500. The molecule has 0 atom stereocenters. The highest BCUT2D eigenvalue weighted by molar-refractivity contribution is 7.89. The molecule has 1 rings (SSSR count). The van der Waals surface area contributed by atoms with Crippen molar-refractivity contribution in [2.45, 2.75) is 11.8 Å².